The lowest BCUT2D eigenvalue weighted by atomic mass is 9.72. The van der Waals surface area contributed by atoms with Crippen molar-refractivity contribution in [2.24, 2.45) is 15.9 Å². The van der Waals surface area contributed by atoms with Crippen LogP contribution in [0.3, 0.4) is 0 Å². The maximum atomic E-state index is 13.1. The number of ether oxygens (including phenoxy) is 2. The molecule has 5 nitrogen and oxygen atoms in total. The summed E-state index contributed by atoms with van der Waals surface area (Å²) >= 11 is 0. The van der Waals surface area contributed by atoms with Crippen LogP contribution in [-0.4, -0.2) is 43.4 Å². The predicted molar refractivity (Wildman–Crippen MR) is 98.3 cm³/mol. The van der Waals surface area contributed by atoms with Gasteiger partial charge < -0.3 is 9.47 Å². The van der Waals surface area contributed by atoms with E-state index in [1.165, 1.54) is 5.56 Å². The summed E-state index contributed by atoms with van der Waals surface area (Å²) in [7, 11) is 3.16. The Hall–Kier alpha value is -2.17. The van der Waals surface area contributed by atoms with Gasteiger partial charge in [-0.2, -0.15) is 0 Å². The van der Waals surface area contributed by atoms with Crippen molar-refractivity contribution >= 4 is 17.6 Å². The van der Waals surface area contributed by atoms with Gasteiger partial charge >= 0.3 is 0 Å². The van der Waals surface area contributed by atoms with Crippen LogP contribution in [0, 0.1) is 5.92 Å². The third kappa shape index (κ3) is 3.08. The number of aliphatic imine (C=N–C) groups is 2. The van der Waals surface area contributed by atoms with Crippen LogP contribution in [-0.2, 0) is 14.3 Å². The highest BCUT2D eigenvalue weighted by Crippen LogP contribution is 2.41. The molecular formula is C20H26N2O3. The van der Waals surface area contributed by atoms with Crippen LogP contribution in [0.2, 0.25) is 0 Å². The molecule has 1 aromatic rings. The first kappa shape index (κ1) is 17.6. The Morgan fingerprint density at radius 3 is 2.44 bits per heavy atom. The van der Waals surface area contributed by atoms with Gasteiger partial charge in [-0.1, -0.05) is 44.2 Å². The van der Waals surface area contributed by atoms with Gasteiger partial charge in [-0.15, -0.1) is 0 Å². The SMILES string of the molecule is COC1=N[C@]2(CC[C@@H](c3ccccc3)CC2=O)C(OC)=N[C@H]1C(C)C. The summed E-state index contributed by atoms with van der Waals surface area (Å²) in [6.45, 7) is 4.12. The molecular weight excluding hydrogens is 316 g/mol. The molecule has 0 amide bonds. The van der Waals surface area contributed by atoms with Crippen LogP contribution in [0.25, 0.3) is 0 Å². The normalized spacial score (nSPS) is 29.4. The molecule has 1 saturated carbocycles. The van der Waals surface area contributed by atoms with E-state index >= 15 is 0 Å². The maximum absolute atomic E-state index is 13.1. The highest BCUT2D eigenvalue weighted by atomic mass is 16.5. The highest BCUT2D eigenvalue weighted by molar-refractivity contribution is 6.15. The molecule has 0 unspecified atom stereocenters. The number of ketones is 1. The lowest BCUT2D eigenvalue weighted by Gasteiger charge is -2.39. The van der Waals surface area contributed by atoms with Gasteiger partial charge in [-0.3, -0.25) is 4.79 Å². The summed E-state index contributed by atoms with van der Waals surface area (Å²) < 4.78 is 11.0. The smallest absolute Gasteiger partial charge is 0.220 e. The molecule has 0 bridgehead atoms. The number of nitrogens with zero attached hydrogens (tertiary/aromatic N) is 2. The summed E-state index contributed by atoms with van der Waals surface area (Å²) in [5, 5.41) is 0. The second kappa shape index (κ2) is 6.98. The summed E-state index contributed by atoms with van der Waals surface area (Å²) in [5.74, 6) is 1.47. The standard InChI is InChI=1S/C20H26N2O3/c1-13(2)17-18(24-3)22-20(19(21-17)25-4)11-10-15(12-16(20)23)14-8-6-5-7-9-14/h5-9,13,15,17H,10-12H2,1-4H3/t15-,17+,20+/m1/s1. The fourth-order valence-electron chi connectivity index (χ4n) is 3.78. The van der Waals surface area contributed by atoms with Gasteiger partial charge in [0, 0.05) is 6.42 Å². The minimum absolute atomic E-state index is 0.0601. The Morgan fingerprint density at radius 2 is 1.88 bits per heavy atom. The Morgan fingerprint density at radius 1 is 1.16 bits per heavy atom. The second-order valence-corrected chi connectivity index (χ2v) is 7.12. The van der Waals surface area contributed by atoms with Gasteiger partial charge in [0.05, 0.1) is 14.2 Å². The Labute approximate surface area is 149 Å². The zero-order valence-corrected chi connectivity index (χ0v) is 15.4. The Bertz CT molecular complexity index is 696. The molecule has 1 spiro atoms. The monoisotopic (exact) mass is 342 g/mol. The van der Waals surface area contributed by atoms with E-state index in [0.29, 0.717) is 24.6 Å². The van der Waals surface area contributed by atoms with Crippen molar-refractivity contribution in [1.29, 1.82) is 0 Å². The predicted octanol–water partition coefficient (Wildman–Crippen LogP) is 3.39. The quantitative estimate of drug-likeness (QED) is 0.828. The average molecular weight is 342 g/mol. The Balaban J connectivity index is 1.92. The van der Waals surface area contributed by atoms with E-state index in [1.54, 1.807) is 14.2 Å². The van der Waals surface area contributed by atoms with E-state index < -0.39 is 5.54 Å². The van der Waals surface area contributed by atoms with Gasteiger partial charge in [-0.25, -0.2) is 9.98 Å². The molecule has 1 aliphatic heterocycles. The van der Waals surface area contributed by atoms with E-state index in [-0.39, 0.29) is 23.7 Å². The van der Waals surface area contributed by atoms with Crippen LogP contribution >= 0.6 is 0 Å². The topological polar surface area (TPSA) is 60.2 Å². The molecule has 1 heterocycles. The molecule has 1 fully saturated rings. The number of Topliss-reactive ketones (excluding diaryl/α,β-unsaturated/α-hetero) is 1. The molecule has 3 atom stereocenters. The number of methoxy groups -OCH3 is 2. The summed E-state index contributed by atoms with van der Waals surface area (Å²) in [6, 6.07) is 9.99. The minimum atomic E-state index is -1.02. The van der Waals surface area contributed by atoms with Crippen molar-refractivity contribution in [3.05, 3.63) is 35.9 Å². The van der Waals surface area contributed by atoms with Crippen molar-refractivity contribution in [2.75, 3.05) is 14.2 Å². The highest BCUT2D eigenvalue weighted by Gasteiger charge is 2.51. The molecule has 3 rings (SSSR count). The van der Waals surface area contributed by atoms with Crippen molar-refractivity contribution in [2.45, 2.75) is 50.6 Å². The van der Waals surface area contributed by atoms with E-state index in [9.17, 15) is 4.79 Å². The fourth-order valence-corrected chi connectivity index (χ4v) is 3.78. The van der Waals surface area contributed by atoms with Gasteiger partial charge in [-0.05, 0) is 30.2 Å². The van der Waals surface area contributed by atoms with Crippen molar-refractivity contribution < 1.29 is 14.3 Å². The van der Waals surface area contributed by atoms with E-state index in [1.807, 2.05) is 18.2 Å². The van der Waals surface area contributed by atoms with Gasteiger partial charge in [0.1, 0.15) is 6.04 Å². The lowest BCUT2D eigenvalue weighted by molar-refractivity contribution is -0.124. The van der Waals surface area contributed by atoms with E-state index in [2.05, 4.69) is 26.0 Å². The number of hydrogen-bond donors (Lipinski definition) is 0. The minimum Gasteiger partial charge on any atom is -0.483 e. The van der Waals surface area contributed by atoms with Crippen LogP contribution in [0.5, 0.6) is 0 Å². The van der Waals surface area contributed by atoms with Crippen LogP contribution in [0.1, 0.15) is 44.6 Å². The molecule has 0 saturated heterocycles. The third-order valence-corrected chi connectivity index (χ3v) is 5.22. The van der Waals surface area contributed by atoms with Crippen molar-refractivity contribution in [3.63, 3.8) is 0 Å². The van der Waals surface area contributed by atoms with Crippen molar-refractivity contribution in [3.8, 4) is 0 Å². The summed E-state index contributed by atoms with van der Waals surface area (Å²) in [5.41, 5.74) is 0.185. The molecule has 0 aromatic heterocycles. The number of carbonyl (C=O) groups is 1. The van der Waals surface area contributed by atoms with Gasteiger partial charge in [0.15, 0.2) is 11.3 Å². The molecule has 1 aromatic carbocycles. The maximum Gasteiger partial charge on any atom is 0.220 e. The van der Waals surface area contributed by atoms with Crippen molar-refractivity contribution in [1.82, 2.24) is 0 Å². The largest absolute Gasteiger partial charge is 0.483 e. The molecule has 1 aliphatic carbocycles. The third-order valence-electron chi connectivity index (χ3n) is 5.22. The average Bonchev–Trinajstić information content (AvgIpc) is 2.64. The molecule has 5 heteroatoms. The van der Waals surface area contributed by atoms with Gasteiger partial charge in [0.2, 0.25) is 11.8 Å². The number of rotatable bonds is 2. The Kier molecular flexibility index (Phi) is 4.93. The molecule has 0 N–H and O–H groups in total. The van der Waals surface area contributed by atoms with Crippen LogP contribution in [0.4, 0.5) is 0 Å². The first-order chi connectivity index (χ1) is 12.0. The van der Waals surface area contributed by atoms with Crippen LogP contribution < -0.4 is 0 Å². The second-order valence-electron chi connectivity index (χ2n) is 7.12. The number of carbonyl (C=O) groups excluding carboxylic acids is 1. The first-order valence-corrected chi connectivity index (χ1v) is 8.86. The number of hydrogen-bond acceptors (Lipinski definition) is 5. The zero-order chi connectivity index (χ0) is 18.0. The summed E-state index contributed by atoms with van der Waals surface area (Å²) in [6.07, 6.45) is 1.90. The van der Waals surface area contributed by atoms with E-state index in [4.69, 9.17) is 19.5 Å². The van der Waals surface area contributed by atoms with Gasteiger partial charge in [0.25, 0.3) is 0 Å². The lowest BCUT2D eigenvalue weighted by Crippen LogP contribution is -2.54. The van der Waals surface area contributed by atoms with Crippen LogP contribution in [0.15, 0.2) is 40.3 Å². The fraction of sp³-hybridized carbons (Fsp3) is 0.550. The molecule has 2 aliphatic rings. The summed E-state index contributed by atoms with van der Waals surface area (Å²) in [4.78, 5) is 22.6. The zero-order valence-electron chi connectivity index (χ0n) is 15.4. The number of benzene rings is 1. The molecule has 0 radical (unpaired) electrons. The molecule has 25 heavy (non-hydrogen) atoms. The first-order valence-electron chi connectivity index (χ1n) is 8.86. The molecule has 134 valence electrons. The van der Waals surface area contributed by atoms with E-state index in [0.717, 1.165) is 6.42 Å².